The first-order chi connectivity index (χ1) is 15.7. The van der Waals surface area contributed by atoms with Crippen molar-refractivity contribution >= 4 is 11.6 Å². The molecule has 0 saturated heterocycles. The lowest BCUT2D eigenvalue weighted by molar-refractivity contribution is -0.154. The maximum Gasteiger partial charge on any atom is 0.422 e. The molecule has 0 radical (unpaired) electrons. The summed E-state index contributed by atoms with van der Waals surface area (Å²) < 4.78 is 43.3. The van der Waals surface area contributed by atoms with Crippen molar-refractivity contribution in [3.63, 3.8) is 0 Å². The highest BCUT2D eigenvalue weighted by atomic mass is 19.4. The summed E-state index contributed by atoms with van der Waals surface area (Å²) in [6, 6.07) is 14.5. The van der Waals surface area contributed by atoms with Crippen LogP contribution in [-0.2, 0) is 6.54 Å². The van der Waals surface area contributed by atoms with Crippen LogP contribution in [0, 0.1) is 13.8 Å². The van der Waals surface area contributed by atoms with Crippen LogP contribution in [0.4, 0.5) is 13.2 Å². The molecule has 4 aromatic rings. The molecule has 3 aromatic heterocycles. The molecule has 33 heavy (non-hydrogen) atoms. The SMILES string of the molecule is Cc1ccc(-c2nc3ccc(C)cn3c2CNC(=O)c2ccc(OCC(F)(F)F)nc2)cc1. The normalized spacial score (nSPS) is 11.5. The first-order valence-electron chi connectivity index (χ1n) is 10.2. The van der Waals surface area contributed by atoms with Gasteiger partial charge < -0.3 is 14.5 Å². The molecule has 0 saturated carbocycles. The molecule has 0 unspecified atom stereocenters. The Bertz CT molecular complexity index is 1280. The van der Waals surface area contributed by atoms with Gasteiger partial charge in [0, 0.05) is 24.0 Å². The van der Waals surface area contributed by atoms with Crippen LogP contribution in [0.25, 0.3) is 16.9 Å². The van der Waals surface area contributed by atoms with E-state index in [1.165, 1.54) is 18.3 Å². The number of rotatable bonds is 6. The topological polar surface area (TPSA) is 68.5 Å². The molecule has 6 nitrogen and oxygen atoms in total. The molecule has 9 heteroatoms. The Morgan fingerprint density at radius 3 is 2.42 bits per heavy atom. The molecule has 4 rings (SSSR count). The van der Waals surface area contributed by atoms with Gasteiger partial charge in [0.2, 0.25) is 5.88 Å². The quantitative estimate of drug-likeness (QED) is 0.451. The number of aryl methyl sites for hydroxylation is 2. The van der Waals surface area contributed by atoms with Crippen LogP contribution >= 0.6 is 0 Å². The molecule has 0 fully saturated rings. The highest BCUT2D eigenvalue weighted by Crippen LogP contribution is 2.25. The van der Waals surface area contributed by atoms with Gasteiger partial charge in [-0.2, -0.15) is 13.2 Å². The molecule has 0 aliphatic heterocycles. The Balaban J connectivity index is 1.55. The molecule has 1 N–H and O–H groups in total. The number of hydrogen-bond donors (Lipinski definition) is 1. The lowest BCUT2D eigenvalue weighted by atomic mass is 10.1. The number of ether oxygens (including phenoxy) is 1. The fourth-order valence-corrected chi connectivity index (χ4v) is 3.33. The molecule has 1 amide bonds. The summed E-state index contributed by atoms with van der Waals surface area (Å²) >= 11 is 0. The van der Waals surface area contributed by atoms with Crippen LogP contribution in [-0.4, -0.2) is 33.1 Å². The van der Waals surface area contributed by atoms with E-state index in [9.17, 15) is 18.0 Å². The van der Waals surface area contributed by atoms with Crippen LogP contribution in [0.2, 0.25) is 0 Å². The number of nitrogens with zero attached hydrogens (tertiary/aromatic N) is 3. The first kappa shape index (κ1) is 22.3. The summed E-state index contributed by atoms with van der Waals surface area (Å²) in [7, 11) is 0. The van der Waals surface area contributed by atoms with Crippen molar-refractivity contribution in [3.8, 4) is 17.1 Å². The summed E-state index contributed by atoms with van der Waals surface area (Å²) in [6.45, 7) is 2.73. The minimum Gasteiger partial charge on any atom is -0.468 e. The van der Waals surface area contributed by atoms with E-state index in [2.05, 4.69) is 15.0 Å². The predicted molar refractivity (Wildman–Crippen MR) is 117 cm³/mol. The van der Waals surface area contributed by atoms with Gasteiger partial charge in [0.05, 0.1) is 23.5 Å². The van der Waals surface area contributed by atoms with E-state index < -0.39 is 18.7 Å². The Hall–Kier alpha value is -3.88. The number of benzene rings is 1. The number of pyridine rings is 2. The second kappa shape index (κ2) is 8.93. The number of amides is 1. The zero-order chi connectivity index (χ0) is 23.6. The molecule has 0 spiro atoms. The third-order valence-electron chi connectivity index (χ3n) is 4.99. The van der Waals surface area contributed by atoms with Crippen LogP contribution in [0.1, 0.15) is 27.2 Å². The molecule has 0 aliphatic rings. The molecule has 0 bridgehead atoms. The van der Waals surface area contributed by atoms with Crippen LogP contribution < -0.4 is 10.1 Å². The minimum absolute atomic E-state index is 0.193. The highest BCUT2D eigenvalue weighted by molar-refractivity contribution is 5.94. The van der Waals surface area contributed by atoms with E-state index in [0.29, 0.717) is 0 Å². The van der Waals surface area contributed by atoms with E-state index in [0.717, 1.165) is 33.7 Å². The van der Waals surface area contributed by atoms with E-state index >= 15 is 0 Å². The average molecular weight is 454 g/mol. The third kappa shape index (κ3) is 5.31. The van der Waals surface area contributed by atoms with Crippen molar-refractivity contribution in [1.29, 1.82) is 0 Å². The van der Waals surface area contributed by atoms with Gasteiger partial charge >= 0.3 is 6.18 Å². The number of halogens is 3. The minimum atomic E-state index is -4.46. The molecule has 0 atom stereocenters. The zero-order valence-electron chi connectivity index (χ0n) is 18.0. The molecule has 170 valence electrons. The monoisotopic (exact) mass is 454 g/mol. The summed E-state index contributed by atoms with van der Waals surface area (Å²) in [5, 5.41) is 2.85. The van der Waals surface area contributed by atoms with Crippen LogP contribution in [0.15, 0.2) is 60.9 Å². The lowest BCUT2D eigenvalue weighted by Gasteiger charge is -2.10. The van der Waals surface area contributed by atoms with E-state index in [1.807, 2.05) is 60.8 Å². The summed E-state index contributed by atoms with van der Waals surface area (Å²) in [5.41, 5.74) is 5.63. The third-order valence-corrected chi connectivity index (χ3v) is 4.99. The Kier molecular flexibility index (Phi) is 6.04. The summed E-state index contributed by atoms with van der Waals surface area (Å²) in [4.78, 5) is 21.2. The number of nitrogens with one attached hydrogen (secondary N) is 1. The second-order valence-corrected chi connectivity index (χ2v) is 7.68. The van der Waals surface area contributed by atoms with Gasteiger partial charge in [0.15, 0.2) is 6.61 Å². The maximum absolute atomic E-state index is 12.7. The fraction of sp³-hybridized carbons (Fsp3) is 0.208. The number of fused-ring (bicyclic) bond motifs is 1. The Morgan fingerprint density at radius 1 is 1.03 bits per heavy atom. The summed E-state index contributed by atoms with van der Waals surface area (Å²) in [6.07, 6.45) is -1.32. The van der Waals surface area contributed by atoms with Crippen LogP contribution in [0.3, 0.4) is 0 Å². The lowest BCUT2D eigenvalue weighted by Crippen LogP contribution is -2.24. The van der Waals surface area contributed by atoms with Gasteiger partial charge in [-0.25, -0.2) is 9.97 Å². The van der Waals surface area contributed by atoms with Crippen molar-refractivity contribution in [2.24, 2.45) is 0 Å². The van der Waals surface area contributed by atoms with Gasteiger partial charge in [0.25, 0.3) is 5.91 Å². The molecular formula is C24H21F3N4O2. The van der Waals surface area contributed by atoms with Crippen LogP contribution in [0.5, 0.6) is 5.88 Å². The Labute approximate surface area is 188 Å². The average Bonchev–Trinajstić information content (AvgIpc) is 3.14. The largest absolute Gasteiger partial charge is 0.468 e. The maximum atomic E-state index is 12.7. The van der Waals surface area contributed by atoms with E-state index in [4.69, 9.17) is 4.98 Å². The standard InChI is InChI=1S/C24H21F3N4O2/c1-15-3-6-17(7-4-15)22-19(31-13-16(2)5-9-20(31)30-22)12-29-23(32)18-8-10-21(28-11-18)33-14-24(25,26)27/h3-11,13H,12,14H2,1-2H3,(H,29,32). The summed E-state index contributed by atoms with van der Waals surface area (Å²) in [5.74, 6) is -0.620. The van der Waals surface area contributed by atoms with E-state index in [-0.39, 0.29) is 18.0 Å². The van der Waals surface area contributed by atoms with Gasteiger partial charge in [-0.15, -0.1) is 0 Å². The molecular weight excluding hydrogens is 433 g/mol. The second-order valence-electron chi connectivity index (χ2n) is 7.68. The first-order valence-corrected chi connectivity index (χ1v) is 10.2. The smallest absolute Gasteiger partial charge is 0.422 e. The van der Waals surface area contributed by atoms with E-state index in [1.54, 1.807) is 0 Å². The number of alkyl halides is 3. The molecule has 3 heterocycles. The van der Waals surface area contributed by atoms with Crippen molar-refractivity contribution in [3.05, 3.63) is 83.3 Å². The van der Waals surface area contributed by atoms with Crippen molar-refractivity contribution in [2.45, 2.75) is 26.6 Å². The number of carbonyl (C=O) groups is 1. The highest BCUT2D eigenvalue weighted by Gasteiger charge is 2.28. The number of hydrogen-bond acceptors (Lipinski definition) is 4. The molecule has 0 aliphatic carbocycles. The molecule has 1 aromatic carbocycles. The van der Waals surface area contributed by atoms with Gasteiger partial charge in [0.1, 0.15) is 5.65 Å². The van der Waals surface area contributed by atoms with Gasteiger partial charge in [-0.05, 0) is 31.5 Å². The Morgan fingerprint density at radius 2 is 1.76 bits per heavy atom. The van der Waals surface area contributed by atoms with Gasteiger partial charge in [-0.3, -0.25) is 4.79 Å². The number of aromatic nitrogens is 3. The predicted octanol–water partition coefficient (Wildman–Crippen LogP) is 4.88. The van der Waals surface area contributed by atoms with Crippen molar-refractivity contribution < 1.29 is 22.7 Å². The van der Waals surface area contributed by atoms with Gasteiger partial charge in [-0.1, -0.05) is 35.9 Å². The van der Waals surface area contributed by atoms with Crippen molar-refractivity contribution in [1.82, 2.24) is 19.7 Å². The van der Waals surface area contributed by atoms with Crippen molar-refractivity contribution in [2.75, 3.05) is 6.61 Å². The fourth-order valence-electron chi connectivity index (χ4n) is 3.33. The zero-order valence-corrected chi connectivity index (χ0v) is 18.0. The number of carbonyl (C=O) groups excluding carboxylic acids is 1. The number of imidazole rings is 1.